The number of anilines is 1. The number of rotatable bonds is 5. The van der Waals surface area contributed by atoms with Crippen LogP contribution >= 0.6 is 0 Å². The number of aryl methyl sites for hydroxylation is 1. The van der Waals surface area contributed by atoms with E-state index in [9.17, 15) is 14.7 Å². The Bertz CT molecular complexity index is 853. The smallest absolute Gasteiger partial charge is 0.277 e. The van der Waals surface area contributed by atoms with Crippen molar-refractivity contribution in [2.24, 2.45) is 7.05 Å². The summed E-state index contributed by atoms with van der Waals surface area (Å²) in [5.74, 6) is -0.380. The van der Waals surface area contributed by atoms with Gasteiger partial charge in [0.15, 0.2) is 0 Å². The van der Waals surface area contributed by atoms with Crippen LogP contribution in [0.1, 0.15) is 18.9 Å². The summed E-state index contributed by atoms with van der Waals surface area (Å²) in [6.07, 6.45) is 0.518. The Morgan fingerprint density at radius 3 is 2.75 bits per heavy atom. The number of aromatic nitrogens is 2. The third kappa shape index (κ3) is 2.66. The highest BCUT2D eigenvalue weighted by Crippen LogP contribution is 2.24. The van der Waals surface area contributed by atoms with E-state index in [-0.39, 0.29) is 18.8 Å². The lowest BCUT2D eigenvalue weighted by Gasteiger charge is -2.13. The van der Waals surface area contributed by atoms with Crippen molar-refractivity contribution in [3.63, 3.8) is 0 Å². The van der Waals surface area contributed by atoms with E-state index in [2.05, 4.69) is 10.3 Å². The molecule has 1 aromatic carbocycles. The molecule has 8 heteroatoms. The average Bonchev–Trinajstić information content (AvgIpc) is 3.00. The van der Waals surface area contributed by atoms with Gasteiger partial charge in [-0.2, -0.15) is 0 Å². The van der Waals surface area contributed by atoms with Crippen LogP contribution in [0.25, 0.3) is 11.0 Å². The Kier molecular flexibility index (Phi) is 4.08. The van der Waals surface area contributed by atoms with Crippen LogP contribution in [0.5, 0.6) is 0 Å². The van der Waals surface area contributed by atoms with E-state index in [0.717, 1.165) is 10.4 Å². The van der Waals surface area contributed by atoms with Crippen LogP contribution in [0.2, 0.25) is 0 Å². The summed E-state index contributed by atoms with van der Waals surface area (Å²) < 4.78 is 1.80. The number of β-amino-alcohol motifs (C(OH)–C–C–N with tert-alkyl or cyclic N) is 1. The molecule has 1 atom stereocenters. The van der Waals surface area contributed by atoms with Gasteiger partial charge in [0.25, 0.3) is 11.8 Å². The first kappa shape index (κ1) is 16.2. The molecule has 1 aromatic heterocycles. The molecule has 2 heterocycles. The fraction of sp³-hybridized carbons (Fsp3) is 0.312. The van der Waals surface area contributed by atoms with E-state index < -0.39 is 17.9 Å². The van der Waals surface area contributed by atoms with Crippen molar-refractivity contribution in [1.82, 2.24) is 14.5 Å². The lowest BCUT2D eigenvalue weighted by atomic mass is 10.2. The van der Waals surface area contributed by atoms with Gasteiger partial charge in [0, 0.05) is 18.8 Å². The van der Waals surface area contributed by atoms with E-state index in [0.29, 0.717) is 17.0 Å². The molecule has 3 rings (SSSR count). The number of amides is 2. The Morgan fingerprint density at radius 1 is 1.33 bits per heavy atom. The molecule has 0 saturated carbocycles. The summed E-state index contributed by atoms with van der Waals surface area (Å²) in [6.45, 7) is 1.33. The van der Waals surface area contributed by atoms with Gasteiger partial charge in [-0.15, -0.1) is 0 Å². The second-order valence-electron chi connectivity index (χ2n) is 5.61. The Hall–Kier alpha value is -2.71. The number of fused-ring (bicyclic) bond motifs is 1. The molecule has 126 valence electrons. The first-order valence-corrected chi connectivity index (χ1v) is 7.52. The van der Waals surface area contributed by atoms with Gasteiger partial charge in [-0.3, -0.25) is 14.5 Å². The van der Waals surface area contributed by atoms with E-state index in [4.69, 9.17) is 5.11 Å². The summed E-state index contributed by atoms with van der Waals surface area (Å²) in [7, 11) is 1.82. The molecule has 3 N–H and O–H groups in total. The fourth-order valence-corrected chi connectivity index (χ4v) is 2.74. The van der Waals surface area contributed by atoms with Gasteiger partial charge in [-0.05, 0) is 25.1 Å². The Morgan fingerprint density at radius 2 is 2.08 bits per heavy atom. The number of aliphatic hydroxyl groups is 2. The predicted octanol–water partition coefficient (Wildman–Crippen LogP) is 0.283. The van der Waals surface area contributed by atoms with Crippen LogP contribution in [0.15, 0.2) is 30.0 Å². The van der Waals surface area contributed by atoms with Crippen LogP contribution in [-0.4, -0.2) is 49.6 Å². The summed E-state index contributed by atoms with van der Waals surface area (Å²) in [5.41, 5.74) is 2.28. The minimum Gasteiger partial charge on any atom is -0.395 e. The molecule has 8 nitrogen and oxygen atoms in total. The lowest BCUT2D eigenvalue weighted by Crippen LogP contribution is -2.34. The quantitative estimate of drug-likeness (QED) is 0.680. The van der Waals surface area contributed by atoms with Crippen molar-refractivity contribution in [2.45, 2.75) is 13.0 Å². The molecule has 24 heavy (non-hydrogen) atoms. The summed E-state index contributed by atoms with van der Waals surface area (Å²) in [6, 6.07) is 5.33. The SMILES string of the molecule is CC(O)c1nc2cc(NC3=CC(=O)N(CCO)C3=O)ccc2n1C. The second-order valence-corrected chi connectivity index (χ2v) is 5.61. The van der Waals surface area contributed by atoms with Gasteiger partial charge >= 0.3 is 0 Å². The molecule has 2 amide bonds. The molecular formula is C16H18N4O4. The third-order valence-electron chi connectivity index (χ3n) is 3.90. The maximum atomic E-state index is 12.1. The number of nitrogens with one attached hydrogen (secondary N) is 1. The zero-order valence-electron chi connectivity index (χ0n) is 13.4. The van der Waals surface area contributed by atoms with Gasteiger partial charge in [0.1, 0.15) is 17.6 Å². The topological polar surface area (TPSA) is 108 Å². The van der Waals surface area contributed by atoms with Gasteiger partial charge < -0.3 is 20.1 Å². The summed E-state index contributed by atoms with van der Waals surface area (Å²) in [5, 5.41) is 21.6. The van der Waals surface area contributed by atoms with Crippen LogP contribution in [0.3, 0.4) is 0 Å². The number of imidazole rings is 1. The monoisotopic (exact) mass is 330 g/mol. The van der Waals surface area contributed by atoms with E-state index >= 15 is 0 Å². The van der Waals surface area contributed by atoms with Crippen LogP contribution in [0.4, 0.5) is 5.69 Å². The molecular weight excluding hydrogens is 312 g/mol. The zero-order valence-corrected chi connectivity index (χ0v) is 13.4. The molecule has 1 aliphatic heterocycles. The highest BCUT2D eigenvalue weighted by molar-refractivity contribution is 6.17. The van der Waals surface area contributed by atoms with E-state index in [1.807, 2.05) is 13.1 Å². The minimum atomic E-state index is -0.692. The number of benzene rings is 1. The molecule has 2 aromatic rings. The number of hydrogen-bond acceptors (Lipinski definition) is 6. The largest absolute Gasteiger partial charge is 0.395 e. The van der Waals surface area contributed by atoms with Crippen LogP contribution < -0.4 is 5.32 Å². The van der Waals surface area contributed by atoms with Crippen molar-refractivity contribution in [3.05, 3.63) is 35.8 Å². The molecule has 0 bridgehead atoms. The number of carbonyl (C=O) groups excluding carboxylic acids is 2. The zero-order chi connectivity index (χ0) is 17.4. The first-order chi connectivity index (χ1) is 11.4. The van der Waals surface area contributed by atoms with Crippen molar-refractivity contribution >= 4 is 28.5 Å². The summed E-state index contributed by atoms with van der Waals surface area (Å²) in [4.78, 5) is 29.2. The van der Waals surface area contributed by atoms with Crippen LogP contribution in [0, 0.1) is 0 Å². The number of hydrogen-bond donors (Lipinski definition) is 3. The first-order valence-electron chi connectivity index (χ1n) is 7.52. The molecule has 1 unspecified atom stereocenters. The number of carbonyl (C=O) groups is 2. The standard InChI is InChI=1S/C16H18N4O4/c1-9(22)15-18-11-7-10(3-4-13(11)19(15)2)17-12-8-14(23)20(5-6-21)16(12)24/h3-4,7-9,17,21-22H,5-6H2,1-2H3. The number of aliphatic hydroxyl groups excluding tert-OH is 2. The second kappa shape index (κ2) is 6.06. The maximum Gasteiger partial charge on any atom is 0.277 e. The van der Waals surface area contributed by atoms with Gasteiger partial charge in [0.05, 0.1) is 24.2 Å². The lowest BCUT2D eigenvalue weighted by molar-refractivity contribution is -0.137. The highest BCUT2D eigenvalue weighted by Gasteiger charge is 2.30. The van der Waals surface area contributed by atoms with Crippen molar-refractivity contribution in [3.8, 4) is 0 Å². The van der Waals surface area contributed by atoms with Crippen LogP contribution in [-0.2, 0) is 16.6 Å². The van der Waals surface area contributed by atoms with Gasteiger partial charge in [-0.25, -0.2) is 4.98 Å². The number of nitrogens with zero attached hydrogens (tertiary/aromatic N) is 3. The van der Waals surface area contributed by atoms with Gasteiger partial charge in [-0.1, -0.05) is 0 Å². The molecule has 1 aliphatic rings. The number of imide groups is 1. The van der Waals surface area contributed by atoms with E-state index in [1.165, 1.54) is 6.08 Å². The Balaban J connectivity index is 1.87. The normalized spacial score (nSPS) is 16.0. The summed E-state index contributed by atoms with van der Waals surface area (Å²) >= 11 is 0. The average molecular weight is 330 g/mol. The van der Waals surface area contributed by atoms with Crippen molar-refractivity contribution < 1.29 is 19.8 Å². The maximum absolute atomic E-state index is 12.1. The minimum absolute atomic E-state index is 0.0314. The van der Waals surface area contributed by atoms with Crippen molar-refractivity contribution in [2.75, 3.05) is 18.5 Å². The Labute approximate surface area is 138 Å². The van der Waals surface area contributed by atoms with Crippen molar-refractivity contribution in [1.29, 1.82) is 0 Å². The third-order valence-corrected chi connectivity index (χ3v) is 3.90. The van der Waals surface area contributed by atoms with Gasteiger partial charge in [0.2, 0.25) is 0 Å². The molecule has 0 saturated heterocycles. The molecule has 0 spiro atoms. The highest BCUT2D eigenvalue weighted by atomic mass is 16.3. The van der Waals surface area contributed by atoms with E-state index in [1.54, 1.807) is 23.6 Å². The predicted molar refractivity (Wildman–Crippen MR) is 86.9 cm³/mol. The fourth-order valence-electron chi connectivity index (χ4n) is 2.74. The molecule has 0 radical (unpaired) electrons. The molecule has 0 fully saturated rings. The molecule has 0 aliphatic carbocycles.